The van der Waals surface area contributed by atoms with E-state index in [1.807, 2.05) is 48.5 Å². The fraction of sp³-hybridized carbons (Fsp3) is 0.273. The Hall–Kier alpha value is -3.12. The summed E-state index contributed by atoms with van der Waals surface area (Å²) >= 11 is 0. The zero-order valence-corrected chi connectivity index (χ0v) is 15.5. The summed E-state index contributed by atoms with van der Waals surface area (Å²) in [6.45, 7) is 0.623. The number of hydrogen-bond donors (Lipinski definition) is 1. The van der Waals surface area contributed by atoms with Crippen molar-refractivity contribution in [1.29, 1.82) is 0 Å². The molecule has 0 bridgehead atoms. The molecule has 1 atom stereocenters. The Kier molecular flexibility index (Phi) is 5.12. The highest BCUT2D eigenvalue weighted by molar-refractivity contribution is 6.03. The summed E-state index contributed by atoms with van der Waals surface area (Å²) in [4.78, 5) is 27.7. The van der Waals surface area contributed by atoms with Crippen LogP contribution in [0.15, 0.2) is 60.7 Å². The van der Waals surface area contributed by atoms with Gasteiger partial charge in [-0.05, 0) is 30.5 Å². The van der Waals surface area contributed by atoms with Gasteiger partial charge in [-0.1, -0.05) is 48.5 Å². The van der Waals surface area contributed by atoms with E-state index in [1.165, 1.54) is 4.57 Å². The van der Waals surface area contributed by atoms with Crippen molar-refractivity contribution in [2.24, 2.45) is 0 Å². The van der Waals surface area contributed by atoms with Gasteiger partial charge in [0.25, 0.3) is 5.91 Å². The number of amides is 1. The Labute approximate surface area is 162 Å². The van der Waals surface area contributed by atoms with Crippen LogP contribution in [0.1, 0.15) is 28.9 Å². The van der Waals surface area contributed by atoms with Crippen LogP contribution in [0, 0.1) is 0 Å². The number of rotatable bonds is 4. The summed E-state index contributed by atoms with van der Waals surface area (Å²) in [6.07, 6.45) is 1.02. The molecule has 144 valence electrons. The summed E-state index contributed by atoms with van der Waals surface area (Å²) < 4.78 is 6.83. The number of nitrogens with zero attached hydrogens (tertiary/aromatic N) is 2. The summed E-state index contributed by atoms with van der Waals surface area (Å²) in [7, 11) is 0. The van der Waals surface area contributed by atoms with Gasteiger partial charge in [-0.3, -0.25) is 4.79 Å². The molecule has 1 aliphatic rings. The van der Waals surface area contributed by atoms with Gasteiger partial charge >= 0.3 is 6.09 Å². The predicted octanol–water partition coefficient (Wildman–Crippen LogP) is 3.42. The van der Waals surface area contributed by atoms with Crippen LogP contribution in [0.3, 0.4) is 0 Å². The average molecular weight is 378 g/mol. The van der Waals surface area contributed by atoms with Crippen LogP contribution in [0.2, 0.25) is 0 Å². The summed E-state index contributed by atoms with van der Waals surface area (Å²) in [5, 5.41) is 10.4. The van der Waals surface area contributed by atoms with Crippen molar-refractivity contribution >= 4 is 22.9 Å². The van der Waals surface area contributed by atoms with Crippen molar-refractivity contribution in [3.63, 3.8) is 0 Å². The first-order chi connectivity index (χ1) is 13.7. The van der Waals surface area contributed by atoms with Crippen LogP contribution in [0.25, 0.3) is 10.9 Å². The van der Waals surface area contributed by atoms with Crippen molar-refractivity contribution in [3.8, 4) is 0 Å². The summed E-state index contributed by atoms with van der Waals surface area (Å²) in [5.74, 6) is -0.260. The van der Waals surface area contributed by atoms with Crippen LogP contribution in [0.4, 0.5) is 4.79 Å². The molecule has 6 nitrogen and oxygen atoms in total. The Morgan fingerprint density at radius 3 is 2.61 bits per heavy atom. The summed E-state index contributed by atoms with van der Waals surface area (Å²) in [6, 6.07) is 18.3. The fourth-order valence-corrected chi connectivity index (χ4v) is 3.73. The molecule has 1 fully saturated rings. The maximum absolute atomic E-state index is 13.2. The number of aliphatic hydroxyl groups is 1. The maximum atomic E-state index is 13.2. The quantitative estimate of drug-likeness (QED) is 0.755. The van der Waals surface area contributed by atoms with Gasteiger partial charge in [-0.15, -0.1) is 0 Å². The second kappa shape index (κ2) is 7.86. The van der Waals surface area contributed by atoms with Crippen LogP contribution >= 0.6 is 0 Å². The molecule has 28 heavy (non-hydrogen) atoms. The highest BCUT2D eigenvalue weighted by Crippen LogP contribution is 2.25. The number of carbonyl (C=O) groups is 2. The Morgan fingerprint density at radius 1 is 1.07 bits per heavy atom. The van der Waals surface area contributed by atoms with Gasteiger partial charge in [0.2, 0.25) is 0 Å². The van der Waals surface area contributed by atoms with Gasteiger partial charge in [0.05, 0.1) is 18.2 Å². The number of ether oxygens (including phenoxy) is 1. The van der Waals surface area contributed by atoms with E-state index in [0.717, 1.165) is 23.8 Å². The third kappa shape index (κ3) is 3.39. The fourth-order valence-electron chi connectivity index (χ4n) is 3.73. The molecule has 1 N–H and O–H groups in total. The molecule has 0 spiro atoms. The minimum Gasteiger partial charge on any atom is -0.444 e. The van der Waals surface area contributed by atoms with Crippen molar-refractivity contribution in [2.45, 2.75) is 25.5 Å². The molecule has 1 aliphatic heterocycles. The minimum atomic E-state index is -0.590. The van der Waals surface area contributed by atoms with E-state index in [9.17, 15) is 14.7 Å². The molecule has 1 amide bonds. The highest BCUT2D eigenvalue weighted by Gasteiger charge is 2.32. The molecule has 1 unspecified atom stereocenters. The molecule has 4 rings (SSSR count). The van der Waals surface area contributed by atoms with Crippen molar-refractivity contribution < 1.29 is 19.4 Å². The third-order valence-electron chi connectivity index (χ3n) is 5.17. The van der Waals surface area contributed by atoms with Gasteiger partial charge < -0.3 is 14.7 Å². The number of carbonyl (C=O) groups excluding carboxylic acids is 2. The van der Waals surface area contributed by atoms with Crippen molar-refractivity contribution in [2.75, 3.05) is 13.2 Å². The Bertz CT molecular complexity index is 996. The third-order valence-corrected chi connectivity index (χ3v) is 5.17. The van der Waals surface area contributed by atoms with Crippen LogP contribution in [0.5, 0.6) is 0 Å². The van der Waals surface area contributed by atoms with Crippen LogP contribution in [-0.2, 0) is 11.3 Å². The zero-order chi connectivity index (χ0) is 19.5. The first kappa shape index (κ1) is 18.3. The lowest BCUT2D eigenvalue weighted by Gasteiger charge is -2.23. The highest BCUT2D eigenvalue weighted by atomic mass is 16.5. The monoisotopic (exact) mass is 378 g/mol. The number of para-hydroxylation sites is 1. The largest absolute Gasteiger partial charge is 0.444 e. The molecule has 6 heteroatoms. The molecule has 3 aromatic rings. The molecular formula is C22H22N2O4. The number of fused-ring (bicyclic) bond motifs is 1. The number of aliphatic hydroxyl groups excluding tert-OH is 1. The van der Waals surface area contributed by atoms with Gasteiger partial charge in [-0.25, -0.2) is 9.36 Å². The second-order valence-corrected chi connectivity index (χ2v) is 6.94. The smallest absolute Gasteiger partial charge is 0.419 e. The minimum absolute atomic E-state index is 0.0789. The van der Waals surface area contributed by atoms with E-state index in [2.05, 4.69) is 0 Å². The van der Waals surface area contributed by atoms with Gasteiger partial charge in [0, 0.05) is 11.9 Å². The first-order valence-corrected chi connectivity index (χ1v) is 9.42. The van der Waals surface area contributed by atoms with E-state index in [1.54, 1.807) is 17.0 Å². The van der Waals surface area contributed by atoms with Gasteiger partial charge in [0.1, 0.15) is 12.3 Å². The lowest BCUT2D eigenvalue weighted by molar-refractivity contribution is 0.0663. The molecule has 0 saturated carbocycles. The Balaban J connectivity index is 1.67. The SMILES string of the molecule is O=C(c1cc2ccccc2n1C(=O)OCc1ccccc1)N1CCCC1CO. The van der Waals surface area contributed by atoms with Crippen molar-refractivity contribution in [1.82, 2.24) is 9.47 Å². The maximum Gasteiger partial charge on any atom is 0.419 e. The van der Waals surface area contributed by atoms with Gasteiger partial charge in [0.15, 0.2) is 0 Å². The lowest BCUT2D eigenvalue weighted by Crippen LogP contribution is -2.39. The van der Waals surface area contributed by atoms with E-state index in [-0.39, 0.29) is 30.9 Å². The van der Waals surface area contributed by atoms with Gasteiger partial charge in [-0.2, -0.15) is 0 Å². The predicted molar refractivity (Wildman–Crippen MR) is 105 cm³/mol. The van der Waals surface area contributed by atoms with E-state index in [0.29, 0.717) is 12.1 Å². The van der Waals surface area contributed by atoms with Crippen molar-refractivity contribution in [3.05, 3.63) is 71.9 Å². The summed E-state index contributed by atoms with van der Waals surface area (Å²) in [5.41, 5.74) is 1.77. The standard InChI is InChI=1S/C22H22N2O4/c25-14-18-10-6-12-23(18)21(26)20-13-17-9-4-5-11-19(17)24(20)22(27)28-15-16-7-2-1-3-8-16/h1-5,7-9,11,13,18,25H,6,10,12,14-15H2. The van der Waals surface area contributed by atoms with Crippen LogP contribution < -0.4 is 0 Å². The van der Waals surface area contributed by atoms with E-state index < -0.39 is 6.09 Å². The Morgan fingerprint density at radius 2 is 1.82 bits per heavy atom. The molecule has 1 saturated heterocycles. The second-order valence-electron chi connectivity index (χ2n) is 6.94. The normalized spacial score (nSPS) is 16.5. The molecular weight excluding hydrogens is 356 g/mol. The van der Waals surface area contributed by atoms with Crippen LogP contribution in [-0.4, -0.2) is 45.8 Å². The first-order valence-electron chi connectivity index (χ1n) is 9.42. The molecule has 0 aliphatic carbocycles. The number of likely N-dealkylation sites (tertiary alicyclic amines) is 1. The number of benzene rings is 2. The van der Waals surface area contributed by atoms with E-state index in [4.69, 9.17) is 4.74 Å². The average Bonchev–Trinajstić information content (AvgIpc) is 3.36. The molecule has 2 heterocycles. The molecule has 1 aromatic heterocycles. The van der Waals surface area contributed by atoms with E-state index >= 15 is 0 Å². The number of hydrogen-bond acceptors (Lipinski definition) is 4. The zero-order valence-electron chi connectivity index (χ0n) is 15.5. The molecule has 2 aromatic carbocycles. The topological polar surface area (TPSA) is 71.8 Å². The lowest BCUT2D eigenvalue weighted by atomic mass is 10.2. The number of aromatic nitrogens is 1. The molecule has 0 radical (unpaired) electrons.